The minimum absolute atomic E-state index is 0.0653. The maximum Gasteiger partial charge on any atom is 0.323 e. The van der Waals surface area contributed by atoms with Crippen LogP contribution >= 0.6 is 0 Å². The molecule has 1 N–H and O–H groups in total. The van der Waals surface area contributed by atoms with E-state index in [0.717, 1.165) is 21.9 Å². The second-order valence-corrected chi connectivity index (χ2v) is 5.09. The third-order valence-corrected chi connectivity index (χ3v) is 3.42. The zero-order valence-corrected chi connectivity index (χ0v) is 11.8. The summed E-state index contributed by atoms with van der Waals surface area (Å²) in [6.45, 7) is -0.543. The number of rotatable bonds is 4. The maximum atomic E-state index is 13.7. The van der Waals surface area contributed by atoms with Crippen molar-refractivity contribution in [1.29, 1.82) is 0 Å². The molecule has 1 aromatic rings. The lowest BCUT2D eigenvalue weighted by Gasteiger charge is -2.20. The molecule has 2 amide bonds. The van der Waals surface area contributed by atoms with Crippen molar-refractivity contribution in [3.63, 3.8) is 0 Å². The molecule has 1 aliphatic heterocycles. The molecule has 0 bridgehead atoms. The Hall–Kier alpha value is -2.51. The number of nitrogens with zero attached hydrogens (tertiary/aromatic N) is 2. The number of aliphatic carboxylic acids is 1. The summed E-state index contributed by atoms with van der Waals surface area (Å²) >= 11 is 0. The van der Waals surface area contributed by atoms with Crippen LogP contribution in [0.25, 0.3) is 0 Å². The van der Waals surface area contributed by atoms with Crippen LogP contribution < -0.4 is 4.90 Å². The number of hydrogen-bond donors (Lipinski definition) is 1. The van der Waals surface area contributed by atoms with Gasteiger partial charge in [0, 0.05) is 26.1 Å². The molecule has 1 fully saturated rings. The van der Waals surface area contributed by atoms with Crippen LogP contribution in [0.3, 0.4) is 0 Å². The fourth-order valence-electron chi connectivity index (χ4n) is 2.40. The fraction of sp³-hybridized carbons (Fsp3) is 0.357. The van der Waals surface area contributed by atoms with E-state index in [1.54, 1.807) is 0 Å². The van der Waals surface area contributed by atoms with Crippen LogP contribution in [0.5, 0.6) is 0 Å². The van der Waals surface area contributed by atoms with E-state index in [2.05, 4.69) is 0 Å². The lowest BCUT2D eigenvalue weighted by molar-refractivity contribution is -0.145. The first-order chi connectivity index (χ1) is 10.3. The number of carboxylic acids is 1. The molecule has 0 aliphatic carbocycles. The monoisotopic (exact) mass is 312 g/mol. The van der Waals surface area contributed by atoms with Crippen molar-refractivity contribution in [1.82, 2.24) is 4.90 Å². The summed E-state index contributed by atoms with van der Waals surface area (Å²) < 4.78 is 26.6. The molecular weight excluding hydrogens is 298 g/mol. The highest BCUT2D eigenvalue weighted by molar-refractivity contribution is 6.00. The fourth-order valence-corrected chi connectivity index (χ4v) is 2.40. The largest absolute Gasteiger partial charge is 0.480 e. The molecule has 2 rings (SSSR count). The number of anilines is 1. The minimum Gasteiger partial charge on any atom is -0.480 e. The summed E-state index contributed by atoms with van der Waals surface area (Å²) in [4.78, 5) is 36.7. The highest BCUT2D eigenvalue weighted by Crippen LogP contribution is 2.28. The van der Waals surface area contributed by atoms with Gasteiger partial charge in [-0.25, -0.2) is 8.78 Å². The average Bonchev–Trinajstić information content (AvgIpc) is 2.79. The molecular formula is C14H14F2N2O4. The van der Waals surface area contributed by atoms with Gasteiger partial charge in [0.2, 0.25) is 11.8 Å². The van der Waals surface area contributed by atoms with Crippen molar-refractivity contribution in [3.05, 3.63) is 29.8 Å². The summed E-state index contributed by atoms with van der Waals surface area (Å²) in [5, 5.41) is 8.66. The van der Waals surface area contributed by atoms with Crippen LogP contribution in [0.4, 0.5) is 14.5 Å². The van der Waals surface area contributed by atoms with E-state index >= 15 is 0 Å². The van der Waals surface area contributed by atoms with Gasteiger partial charge in [-0.05, 0) is 12.1 Å². The molecule has 0 radical (unpaired) electrons. The SMILES string of the molecule is CN(CC(=O)O)C(=O)C1CC(=O)N(c2ccc(F)cc2F)C1. The van der Waals surface area contributed by atoms with Crippen LogP contribution in [-0.4, -0.2) is 47.9 Å². The first-order valence-electron chi connectivity index (χ1n) is 6.51. The Morgan fingerprint density at radius 3 is 2.68 bits per heavy atom. The molecule has 0 spiro atoms. The van der Waals surface area contributed by atoms with Crippen LogP contribution in [-0.2, 0) is 14.4 Å². The number of amides is 2. The predicted octanol–water partition coefficient (Wildman–Crippen LogP) is 0.861. The Labute approximate surface area is 124 Å². The second-order valence-electron chi connectivity index (χ2n) is 5.09. The van der Waals surface area contributed by atoms with Gasteiger partial charge in [0.25, 0.3) is 0 Å². The van der Waals surface area contributed by atoms with Gasteiger partial charge in [-0.2, -0.15) is 0 Å². The molecule has 22 heavy (non-hydrogen) atoms. The summed E-state index contributed by atoms with van der Waals surface area (Å²) in [6.07, 6.45) is -0.139. The summed E-state index contributed by atoms with van der Waals surface area (Å²) in [6, 6.07) is 2.82. The quantitative estimate of drug-likeness (QED) is 0.894. The van der Waals surface area contributed by atoms with Gasteiger partial charge >= 0.3 is 5.97 Å². The van der Waals surface area contributed by atoms with Crippen molar-refractivity contribution in [3.8, 4) is 0 Å². The zero-order chi connectivity index (χ0) is 16.4. The minimum atomic E-state index is -1.17. The first-order valence-corrected chi connectivity index (χ1v) is 6.51. The maximum absolute atomic E-state index is 13.7. The smallest absolute Gasteiger partial charge is 0.323 e. The highest BCUT2D eigenvalue weighted by Gasteiger charge is 2.37. The van der Waals surface area contributed by atoms with E-state index < -0.39 is 41.9 Å². The highest BCUT2D eigenvalue weighted by atomic mass is 19.1. The Kier molecular flexibility index (Phi) is 4.39. The number of carboxylic acid groups (broad SMARTS) is 1. The zero-order valence-electron chi connectivity index (χ0n) is 11.8. The molecule has 1 unspecified atom stereocenters. The average molecular weight is 312 g/mol. The number of carbonyl (C=O) groups excluding carboxylic acids is 2. The third kappa shape index (κ3) is 3.21. The topological polar surface area (TPSA) is 77.9 Å². The van der Waals surface area contributed by atoms with Gasteiger partial charge in [0.15, 0.2) is 0 Å². The Bertz CT molecular complexity index is 635. The normalized spacial score (nSPS) is 17.7. The van der Waals surface area contributed by atoms with Crippen molar-refractivity contribution in [2.45, 2.75) is 6.42 Å². The van der Waals surface area contributed by atoms with E-state index in [0.29, 0.717) is 6.07 Å². The van der Waals surface area contributed by atoms with Gasteiger partial charge in [-0.1, -0.05) is 0 Å². The van der Waals surface area contributed by atoms with Gasteiger partial charge in [-0.15, -0.1) is 0 Å². The van der Waals surface area contributed by atoms with Crippen molar-refractivity contribution in [2.24, 2.45) is 5.92 Å². The second kappa shape index (κ2) is 6.08. The lowest BCUT2D eigenvalue weighted by Crippen LogP contribution is -2.37. The van der Waals surface area contributed by atoms with Crippen molar-refractivity contribution in [2.75, 3.05) is 25.0 Å². The predicted molar refractivity (Wildman–Crippen MR) is 72.1 cm³/mol. The third-order valence-electron chi connectivity index (χ3n) is 3.42. The molecule has 0 saturated carbocycles. The van der Waals surface area contributed by atoms with Crippen LogP contribution in [0.15, 0.2) is 18.2 Å². The molecule has 118 valence electrons. The molecule has 6 nitrogen and oxygen atoms in total. The Morgan fingerprint density at radius 2 is 2.09 bits per heavy atom. The van der Waals surface area contributed by atoms with E-state index in [4.69, 9.17) is 5.11 Å². The summed E-state index contributed by atoms with van der Waals surface area (Å²) in [5.41, 5.74) is -0.0948. The van der Waals surface area contributed by atoms with Crippen LogP contribution in [0.1, 0.15) is 6.42 Å². The van der Waals surface area contributed by atoms with Gasteiger partial charge in [-0.3, -0.25) is 14.4 Å². The van der Waals surface area contributed by atoms with E-state index in [1.165, 1.54) is 7.05 Å². The van der Waals surface area contributed by atoms with E-state index in [9.17, 15) is 23.2 Å². The standard InChI is InChI=1S/C14H14F2N2O4/c1-17(7-13(20)21)14(22)8-4-12(19)18(6-8)11-3-2-9(15)5-10(11)16/h2-3,5,8H,4,6-7H2,1H3,(H,20,21). The van der Waals surface area contributed by atoms with Crippen molar-refractivity contribution >= 4 is 23.5 Å². The van der Waals surface area contributed by atoms with Gasteiger partial charge in [0.05, 0.1) is 11.6 Å². The van der Waals surface area contributed by atoms with Crippen LogP contribution in [0, 0.1) is 17.6 Å². The van der Waals surface area contributed by atoms with Gasteiger partial charge < -0.3 is 14.9 Å². The number of benzene rings is 1. The van der Waals surface area contributed by atoms with E-state index in [1.807, 2.05) is 0 Å². The Balaban J connectivity index is 2.13. The number of likely N-dealkylation sites (N-methyl/N-ethyl adjacent to an activating group) is 1. The molecule has 1 aliphatic rings. The number of halogens is 2. The molecule has 0 aromatic heterocycles. The Morgan fingerprint density at radius 1 is 1.41 bits per heavy atom. The van der Waals surface area contributed by atoms with Crippen molar-refractivity contribution < 1.29 is 28.3 Å². The molecule has 1 atom stereocenters. The van der Waals surface area contributed by atoms with Gasteiger partial charge in [0.1, 0.15) is 18.2 Å². The first kappa shape index (κ1) is 15.9. The molecule has 8 heteroatoms. The number of carbonyl (C=O) groups is 3. The lowest BCUT2D eigenvalue weighted by atomic mass is 10.1. The number of hydrogen-bond acceptors (Lipinski definition) is 3. The van der Waals surface area contributed by atoms with Crippen LogP contribution in [0.2, 0.25) is 0 Å². The molecule has 1 saturated heterocycles. The molecule has 1 heterocycles. The summed E-state index contributed by atoms with van der Waals surface area (Å²) in [7, 11) is 1.32. The molecule has 1 aromatic carbocycles. The van der Waals surface area contributed by atoms with E-state index in [-0.39, 0.29) is 18.7 Å². The summed E-state index contributed by atoms with van der Waals surface area (Å²) in [5.74, 6) is -4.53.